The van der Waals surface area contributed by atoms with E-state index < -0.39 is 0 Å². The van der Waals surface area contributed by atoms with Gasteiger partial charge in [-0.1, -0.05) is 30.0 Å². The van der Waals surface area contributed by atoms with Crippen LogP contribution in [0.25, 0.3) is 10.9 Å². The van der Waals surface area contributed by atoms with Crippen LogP contribution in [0.4, 0.5) is 0 Å². The lowest BCUT2D eigenvalue weighted by molar-refractivity contribution is -0.115. The summed E-state index contributed by atoms with van der Waals surface area (Å²) in [5.41, 5.74) is 5.99. The molecule has 8 heteroatoms. The number of hydrogen-bond donors (Lipinski definition) is 1. The number of para-hydroxylation sites is 1. The molecule has 0 saturated heterocycles. The third-order valence-corrected chi connectivity index (χ3v) is 4.39. The van der Waals surface area contributed by atoms with Gasteiger partial charge < -0.3 is 15.0 Å². The summed E-state index contributed by atoms with van der Waals surface area (Å²) >= 11 is 1.27. The fourth-order valence-electron chi connectivity index (χ4n) is 2.32. The number of carbonyl (C=O) groups excluding carboxylic acids is 1. The molecule has 0 atom stereocenters. The monoisotopic (exact) mass is 343 g/mol. The van der Waals surface area contributed by atoms with Crippen molar-refractivity contribution in [1.82, 2.24) is 19.7 Å². The van der Waals surface area contributed by atoms with Crippen molar-refractivity contribution in [3.05, 3.63) is 42.4 Å². The minimum Gasteiger partial charge on any atom is -0.483 e. The van der Waals surface area contributed by atoms with Crippen molar-refractivity contribution < 1.29 is 9.53 Å². The second-order valence-corrected chi connectivity index (χ2v) is 5.96. The zero-order valence-electron chi connectivity index (χ0n) is 13.2. The van der Waals surface area contributed by atoms with Crippen molar-refractivity contribution >= 4 is 28.6 Å². The zero-order chi connectivity index (χ0) is 16.9. The Balaban J connectivity index is 1.77. The summed E-state index contributed by atoms with van der Waals surface area (Å²) in [5, 5.41) is 9.94. The van der Waals surface area contributed by atoms with Gasteiger partial charge in [0.15, 0.2) is 11.0 Å². The summed E-state index contributed by atoms with van der Waals surface area (Å²) in [6.07, 6.45) is 1.74. The van der Waals surface area contributed by atoms with E-state index in [1.54, 1.807) is 6.20 Å². The molecule has 1 aromatic carbocycles. The third kappa shape index (κ3) is 3.48. The average Bonchev–Trinajstić information content (AvgIpc) is 3.00. The first-order valence-corrected chi connectivity index (χ1v) is 8.47. The highest BCUT2D eigenvalue weighted by Gasteiger charge is 2.13. The van der Waals surface area contributed by atoms with E-state index >= 15 is 0 Å². The molecule has 2 N–H and O–H groups in total. The Hall–Kier alpha value is -2.61. The SMILES string of the molecule is CCn1c(COc2cccc3cccnc23)nnc1SCC(N)=O. The Morgan fingerprint density at radius 3 is 2.92 bits per heavy atom. The van der Waals surface area contributed by atoms with Crippen LogP contribution in [0.1, 0.15) is 12.7 Å². The summed E-state index contributed by atoms with van der Waals surface area (Å²) in [6.45, 7) is 2.94. The van der Waals surface area contributed by atoms with Crippen LogP contribution in [0, 0.1) is 0 Å². The number of nitrogens with two attached hydrogens (primary N) is 1. The summed E-state index contributed by atoms with van der Waals surface area (Å²) in [6, 6.07) is 9.68. The van der Waals surface area contributed by atoms with Gasteiger partial charge in [0.25, 0.3) is 0 Å². The number of primary amides is 1. The number of fused-ring (bicyclic) bond motifs is 1. The molecule has 3 aromatic rings. The highest BCUT2D eigenvalue weighted by molar-refractivity contribution is 7.99. The van der Waals surface area contributed by atoms with Gasteiger partial charge in [-0.2, -0.15) is 0 Å². The molecular weight excluding hydrogens is 326 g/mol. The van der Waals surface area contributed by atoms with Crippen molar-refractivity contribution in [2.75, 3.05) is 5.75 Å². The van der Waals surface area contributed by atoms with Crippen LogP contribution < -0.4 is 10.5 Å². The smallest absolute Gasteiger partial charge is 0.227 e. The van der Waals surface area contributed by atoms with E-state index in [2.05, 4.69) is 15.2 Å². The van der Waals surface area contributed by atoms with E-state index in [1.165, 1.54) is 11.8 Å². The van der Waals surface area contributed by atoms with Gasteiger partial charge in [0.05, 0.1) is 5.75 Å². The first-order valence-electron chi connectivity index (χ1n) is 7.48. The van der Waals surface area contributed by atoms with Crippen molar-refractivity contribution in [2.45, 2.75) is 25.2 Å². The van der Waals surface area contributed by atoms with Crippen LogP contribution in [-0.4, -0.2) is 31.4 Å². The maximum Gasteiger partial charge on any atom is 0.227 e. The average molecular weight is 343 g/mol. The number of ether oxygens (including phenoxy) is 1. The van der Waals surface area contributed by atoms with Crippen LogP contribution in [0.15, 0.2) is 41.7 Å². The fourth-order valence-corrected chi connectivity index (χ4v) is 3.08. The predicted octanol–water partition coefficient (Wildman–Crippen LogP) is 2.00. The second kappa shape index (κ2) is 7.31. The number of carbonyl (C=O) groups is 1. The molecule has 0 radical (unpaired) electrons. The van der Waals surface area contributed by atoms with Gasteiger partial charge in [-0.05, 0) is 19.1 Å². The van der Waals surface area contributed by atoms with E-state index in [-0.39, 0.29) is 18.3 Å². The first kappa shape index (κ1) is 16.3. The van der Waals surface area contributed by atoms with Crippen molar-refractivity contribution in [3.63, 3.8) is 0 Å². The Bertz CT molecular complexity index is 859. The highest BCUT2D eigenvalue weighted by Crippen LogP contribution is 2.24. The number of nitrogens with zero attached hydrogens (tertiary/aromatic N) is 4. The van der Waals surface area contributed by atoms with Crippen molar-refractivity contribution in [2.24, 2.45) is 5.73 Å². The Labute approximate surface area is 143 Å². The standard InChI is InChI=1S/C16H17N5O2S/c1-2-21-14(19-20-16(21)24-10-13(17)22)9-23-12-7-3-5-11-6-4-8-18-15(11)12/h3-8H,2,9-10H2,1H3,(H2,17,22). The van der Waals surface area contributed by atoms with E-state index in [9.17, 15) is 4.79 Å². The molecule has 2 heterocycles. The van der Waals surface area contributed by atoms with Crippen LogP contribution in [0.2, 0.25) is 0 Å². The molecule has 2 aromatic heterocycles. The molecule has 3 rings (SSSR count). The van der Waals surface area contributed by atoms with Gasteiger partial charge in [-0.15, -0.1) is 10.2 Å². The molecule has 0 aliphatic heterocycles. The summed E-state index contributed by atoms with van der Waals surface area (Å²) in [4.78, 5) is 15.3. The van der Waals surface area contributed by atoms with Gasteiger partial charge in [0.1, 0.15) is 17.9 Å². The quantitative estimate of drug-likeness (QED) is 0.659. The lowest BCUT2D eigenvalue weighted by Crippen LogP contribution is -2.14. The Kier molecular flexibility index (Phi) is 4.95. The normalized spacial score (nSPS) is 10.9. The molecule has 7 nitrogen and oxygen atoms in total. The molecule has 0 aliphatic rings. The lowest BCUT2D eigenvalue weighted by atomic mass is 10.2. The minimum absolute atomic E-state index is 0.173. The molecule has 1 amide bonds. The van der Waals surface area contributed by atoms with Crippen molar-refractivity contribution in [3.8, 4) is 5.75 Å². The maximum absolute atomic E-state index is 10.9. The van der Waals surface area contributed by atoms with E-state index in [4.69, 9.17) is 10.5 Å². The van der Waals surface area contributed by atoms with Gasteiger partial charge in [0.2, 0.25) is 5.91 Å². The van der Waals surface area contributed by atoms with Gasteiger partial charge in [-0.25, -0.2) is 0 Å². The molecule has 0 fully saturated rings. The summed E-state index contributed by atoms with van der Waals surface area (Å²) in [7, 11) is 0. The number of pyridine rings is 1. The number of amides is 1. The van der Waals surface area contributed by atoms with Crippen LogP contribution >= 0.6 is 11.8 Å². The largest absolute Gasteiger partial charge is 0.483 e. The number of rotatable bonds is 7. The number of hydrogen-bond acceptors (Lipinski definition) is 6. The molecule has 0 bridgehead atoms. The molecular formula is C16H17N5O2S. The molecule has 124 valence electrons. The topological polar surface area (TPSA) is 95.9 Å². The predicted molar refractivity (Wildman–Crippen MR) is 91.7 cm³/mol. The van der Waals surface area contributed by atoms with E-state index in [0.29, 0.717) is 23.3 Å². The number of benzene rings is 1. The fraction of sp³-hybridized carbons (Fsp3) is 0.250. The molecule has 0 saturated carbocycles. The van der Waals surface area contributed by atoms with Gasteiger partial charge in [-0.3, -0.25) is 9.78 Å². The maximum atomic E-state index is 10.9. The molecule has 0 aliphatic carbocycles. The van der Waals surface area contributed by atoms with E-state index in [0.717, 1.165) is 10.9 Å². The van der Waals surface area contributed by atoms with Crippen LogP contribution in [-0.2, 0) is 17.9 Å². The van der Waals surface area contributed by atoms with Crippen LogP contribution in [0.3, 0.4) is 0 Å². The number of thioether (sulfide) groups is 1. The Morgan fingerprint density at radius 2 is 2.12 bits per heavy atom. The first-order chi connectivity index (χ1) is 11.7. The summed E-state index contributed by atoms with van der Waals surface area (Å²) < 4.78 is 7.81. The molecule has 0 unspecified atom stereocenters. The zero-order valence-corrected chi connectivity index (χ0v) is 14.0. The summed E-state index contributed by atoms with van der Waals surface area (Å²) in [5.74, 6) is 1.18. The lowest BCUT2D eigenvalue weighted by Gasteiger charge is -2.10. The van der Waals surface area contributed by atoms with Gasteiger partial charge >= 0.3 is 0 Å². The highest BCUT2D eigenvalue weighted by atomic mass is 32.2. The van der Waals surface area contributed by atoms with Gasteiger partial charge in [0, 0.05) is 18.1 Å². The van der Waals surface area contributed by atoms with E-state index in [1.807, 2.05) is 41.8 Å². The molecule has 0 spiro atoms. The van der Waals surface area contributed by atoms with Crippen LogP contribution in [0.5, 0.6) is 5.75 Å². The second-order valence-electron chi connectivity index (χ2n) is 5.02. The number of aromatic nitrogens is 4. The minimum atomic E-state index is -0.384. The molecule has 24 heavy (non-hydrogen) atoms. The third-order valence-electron chi connectivity index (χ3n) is 3.41. The van der Waals surface area contributed by atoms with Crippen molar-refractivity contribution in [1.29, 1.82) is 0 Å². The Morgan fingerprint density at radius 1 is 1.29 bits per heavy atom.